The SMILES string of the molecule is C=CCOC(=O)[C@H]1[C@H]2C(=O)N([C@@H](CO)Cc3ccccc3)C(C(=O)N(CC=C)c3c(C)cccc3Cl)C23CC(C)[C@]1(C)O3. The number of nitrogens with zero attached hydrogens (tertiary/aromatic N) is 2. The molecular weight excluding hydrogens is 568 g/mol. The van der Waals surface area contributed by atoms with Crippen LogP contribution in [0.25, 0.3) is 0 Å². The standard InChI is InChI=1S/C34H39ClN2O6/c1-6-16-36(28-21(3)12-11-15-25(28)35)31(40)29-34-19-22(4)33(5,43-34)27(32(41)42-17-7-2)26(34)30(39)37(29)24(20-38)18-23-13-9-8-10-14-23/h6-15,22,24,26-27,29,38H,1-2,16-20H2,3-5H3/t22?,24-,26+,27-,29?,33+,34?/m1/s1. The fourth-order valence-corrected chi connectivity index (χ4v) is 7.93. The Hall–Kier alpha value is -3.46. The molecule has 0 radical (unpaired) electrons. The van der Waals surface area contributed by atoms with E-state index in [0.717, 1.165) is 11.1 Å². The zero-order valence-electron chi connectivity index (χ0n) is 24.9. The summed E-state index contributed by atoms with van der Waals surface area (Å²) in [5.74, 6) is -3.44. The third-order valence-electron chi connectivity index (χ3n) is 9.54. The van der Waals surface area contributed by atoms with Gasteiger partial charge in [0, 0.05) is 6.54 Å². The number of fused-ring (bicyclic) bond motifs is 1. The molecule has 1 spiro atoms. The Bertz CT molecular complexity index is 1410. The number of hydrogen-bond donors (Lipinski definition) is 1. The van der Waals surface area contributed by atoms with Crippen molar-refractivity contribution in [2.45, 2.75) is 56.9 Å². The number of ether oxygens (including phenoxy) is 2. The van der Waals surface area contributed by atoms with E-state index >= 15 is 0 Å². The highest BCUT2D eigenvalue weighted by atomic mass is 35.5. The minimum Gasteiger partial charge on any atom is -0.461 e. The molecule has 0 aliphatic carbocycles. The molecule has 2 aromatic carbocycles. The van der Waals surface area contributed by atoms with Gasteiger partial charge in [0.1, 0.15) is 24.2 Å². The molecule has 3 saturated heterocycles. The van der Waals surface area contributed by atoms with E-state index in [1.54, 1.807) is 12.1 Å². The van der Waals surface area contributed by atoms with Crippen molar-refractivity contribution in [1.29, 1.82) is 0 Å². The number of carbonyl (C=O) groups excluding carboxylic acids is 3. The molecule has 9 heteroatoms. The fourth-order valence-electron chi connectivity index (χ4n) is 7.61. The van der Waals surface area contributed by atoms with Gasteiger partial charge in [-0.25, -0.2) is 0 Å². The number of amides is 2. The number of anilines is 1. The third kappa shape index (κ3) is 4.89. The van der Waals surface area contributed by atoms with E-state index in [2.05, 4.69) is 13.2 Å². The maximum absolute atomic E-state index is 15.0. The molecule has 1 N–H and O–H groups in total. The summed E-state index contributed by atoms with van der Waals surface area (Å²) in [6.07, 6.45) is 3.77. The molecular formula is C34H39ClN2O6. The minimum absolute atomic E-state index is 0.00799. The quantitative estimate of drug-likeness (QED) is 0.299. The fraction of sp³-hybridized carbons (Fsp3) is 0.441. The molecule has 7 atom stereocenters. The number of likely N-dealkylation sites (tertiary alicyclic amines) is 1. The summed E-state index contributed by atoms with van der Waals surface area (Å²) < 4.78 is 12.3. The monoisotopic (exact) mass is 606 g/mol. The van der Waals surface area contributed by atoms with E-state index in [1.165, 1.54) is 15.9 Å². The van der Waals surface area contributed by atoms with Gasteiger partial charge in [0.15, 0.2) is 0 Å². The second-order valence-corrected chi connectivity index (χ2v) is 12.4. The van der Waals surface area contributed by atoms with Crippen molar-refractivity contribution in [1.82, 2.24) is 4.90 Å². The van der Waals surface area contributed by atoms with Crippen LogP contribution in [0.15, 0.2) is 73.8 Å². The predicted octanol–water partition coefficient (Wildman–Crippen LogP) is 4.51. The number of carbonyl (C=O) groups is 3. The van der Waals surface area contributed by atoms with Crippen molar-refractivity contribution in [2.24, 2.45) is 17.8 Å². The third-order valence-corrected chi connectivity index (χ3v) is 9.84. The maximum Gasteiger partial charge on any atom is 0.313 e. The topological polar surface area (TPSA) is 96.4 Å². The van der Waals surface area contributed by atoms with Gasteiger partial charge in [0.05, 0.1) is 34.9 Å². The van der Waals surface area contributed by atoms with Crippen LogP contribution in [0, 0.1) is 24.7 Å². The summed E-state index contributed by atoms with van der Waals surface area (Å²) >= 11 is 6.67. The number of para-hydroxylation sites is 1. The van der Waals surface area contributed by atoms with Gasteiger partial charge in [-0.3, -0.25) is 14.4 Å². The van der Waals surface area contributed by atoms with Crippen LogP contribution in [0.1, 0.15) is 31.4 Å². The van der Waals surface area contributed by atoms with Crippen molar-refractivity contribution in [3.63, 3.8) is 0 Å². The maximum atomic E-state index is 15.0. The number of benzene rings is 2. The average Bonchev–Trinajstić information content (AvgIpc) is 3.50. The number of halogens is 1. The van der Waals surface area contributed by atoms with Crippen molar-refractivity contribution in [3.05, 3.63) is 90.0 Å². The normalized spacial score (nSPS) is 29.7. The molecule has 0 saturated carbocycles. The second kappa shape index (κ2) is 11.9. The van der Waals surface area contributed by atoms with Gasteiger partial charge in [-0.2, -0.15) is 0 Å². The Balaban J connectivity index is 1.68. The lowest BCUT2D eigenvalue weighted by Gasteiger charge is -2.40. The first-order chi connectivity index (χ1) is 20.5. The predicted molar refractivity (Wildman–Crippen MR) is 165 cm³/mol. The van der Waals surface area contributed by atoms with Gasteiger partial charge in [-0.1, -0.05) is 79.7 Å². The molecule has 0 aromatic heterocycles. The lowest BCUT2D eigenvalue weighted by Crippen LogP contribution is -2.59. The van der Waals surface area contributed by atoms with Crippen molar-refractivity contribution >= 4 is 35.1 Å². The highest BCUT2D eigenvalue weighted by Crippen LogP contribution is 2.66. The summed E-state index contributed by atoms with van der Waals surface area (Å²) in [4.78, 5) is 46.3. The summed E-state index contributed by atoms with van der Waals surface area (Å²) in [5, 5.41) is 11.1. The van der Waals surface area contributed by atoms with Crippen molar-refractivity contribution in [2.75, 3.05) is 24.7 Å². The van der Waals surface area contributed by atoms with E-state index in [1.807, 2.05) is 63.2 Å². The van der Waals surface area contributed by atoms with Gasteiger partial charge >= 0.3 is 5.97 Å². The van der Waals surface area contributed by atoms with Gasteiger partial charge in [-0.05, 0) is 49.8 Å². The molecule has 3 fully saturated rings. The molecule has 228 valence electrons. The van der Waals surface area contributed by atoms with E-state index < -0.39 is 59.5 Å². The van der Waals surface area contributed by atoms with E-state index in [0.29, 0.717) is 23.6 Å². The number of rotatable bonds is 11. The first kappa shape index (κ1) is 31.0. The van der Waals surface area contributed by atoms with Gasteiger partial charge < -0.3 is 24.4 Å². The number of aliphatic hydroxyl groups is 1. The van der Waals surface area contributed by atoms with Crippen LogP contribution in [0.4, 0.5) is 5.69 Å². The minimum atomic E-state index is -1.32. The number of aryl methyl sites for hydroxylation is 1. The Labute approximate surface area is 257 Å². The summed E-state index contributed by atoms with van der Waals surface area (Å²) in [5.41, 5.74) is -0.163. The first-order valence-electron chi connectivity index (χ1n) is 14.7. The lowest BCUT2D eigenvalue weighted by atomic mass is 9.62. The Morgan fingerprint density at radius 3 is 2.56 bits per heavy atom. The highest BCUT2D eigenvalue weighted by Gasteiger charge is 2.80. The van der Waals surface area contributed by atoms with Crippen LogP contribution >= 0.6 is 11.6 Å². The molecule has 8 nitrogen and oxygen atoms in total. The molecule has 3 aliphatic heterocycles. The highest BCUT2D eigenvalue weighted by molar-refractivity contribution is 6.34. The molecule has 3 heterocycles. The first-order valence-corrected chi connectivity index (χ1v) is 15.1. The summed E-state index contributed by atoms with van der Waals surface area (Å²) in [7, 11) is 0. The molecule has 2 bridgehead atoms. The average molecular weight is 607 g/mol. The van der Waals surface area contributed by atoms with Gasteiger partial charge in [0.2, 0.25) is 5.91 Å². The van der Waals surface area contributed by atoms with Crippen LogP contribution in [0.3, 0.4) is 0 Å². The molecule has 3 aliphatic rings. The second-order valence-electron chi connectivity index (χ2n) is 12.0. The van der Waals surface area contributed by atoms with Crippen LogP contribution in [-0.2, 0) is 30.3 Å². The van der Waals surface area contributed by atoms with Crippen molar-refractivity contribution in [3.8, 4) is 0 Å². The summed E-state index contributed by atoms with van der Waals surface area (Å²) in [6, 6.07) is 13.0. The largest absolute Gasteiger partial charge is 0.461 e. The van der Waals surface area contributed by atoms with Gasteiger partial charge in [0.25, 0.3) is 5.91 Å². The number of esters is 1. The van der Waals surface area contributed by atoms with E-state index in [4.69, 9.17) is 21.1 Å². The van der Waals surface area contributed by atoms with Gasteiger partial charge in [-0.15, -0.1) is 6.58 Å². The Morgan fingerprint density at radius 2 is 1.93 bits per heavy atom. The Kier molecular flexibility index (Phi) is 8.58. The number of aliphatic hydroxyl groups excluding tert-OH is 1. The molecule has 43 heavy (non-hydrogen) atoms. The van der Waals surface area contributed by atoms with E-state index in [9.17, 15) is 19.5 Å². The lowest BCUT2D eigenvalue weighted by molar-refractivity contribution is -0.161. The zero-order valence-corrected chi connectivity index (χ0v) is 25.6. The molecule has 2 aromatic rings. The van der Waals surface area contributed by atoms with E-state index in [-0.39, 0.29) is 19.1 Å². The van der Waals surface area contributed by atoms with Crippen molar-refractivity contribution < 1.29 is 29.0 Å². The van der Waals surface area contributed by atoms with Crippen LogP contribution < -0.4 is 4.90 Å². The van der Waals surface area contributed by atoms with Crippen LogP contribution in [0.2, 0.25) is 5.02 Å². The van der Waals surface area contributed by atoms with Crippen LogP contribution in [0.5, 0.6) is 0 Å². The number of hydrogen-bond acceptors (Lipinski definition) is 6. The van der Waals surface area contributed by atoms with Crippen LogP contribution in [-0.4, -0.2) is 70.8 Å². The molecule has 5 rings (SSSR count). The molecule has 3 unspecified atom stereocenters. The Morgan fingerprint density at radius 1 is 1.21 bits per heavy atom. The summed E-state index contributed by atoms with van der Waals surface area (Å²) in [6.45, 7) is 12.9. The zero-order chi connectivity index (χ0) is 31.1. The molecule has 2 amide bonds. The smallest absolute Gasteiger partial charge is 0.313 e.